The summed E-state index contributed by atoms with van der Waals surface area (Å²) in [5.41, 5.74) is 4.90. The number of hydrogen-bond acceptors (Lipinski definition) is 3. The third kappa shape index (κ3) is 3.15. The van der Waals surface area contributed by atoms with Gasteiger partial charge < -0.3 is 10.7 Å². The normalized spacial score (nSPS) is 10.2. The Morgan fingerprint density at radius 3 is 2.60 bits per heavy atom. The highest BCUT2D eigenvalue weighted by Crippen LogP contribution is 2.25. The fraction of sp³-hybridized carbons (Fsp3) is 0.0714. The Kier molecular flexibility index (Phi) is 4.36. The molecule has 2 aromatic carbocycles. The Morgan fingerprint density at radius 2 is 1.95 bits per heavy atom. The first-order valence-electron chi connectivity index (χ1n) is 5.85. The lowest BCUT2D eigenvalue weighted by Gasteiger charge is -2.11. The number of benzene rings is 2. The van der Waals surface area contributed by atoms with Crippen LogP contribution in [0.4, 0.5) is 15.8 Å². The molecule has 104 valence electrons. The van der Waals surface area contributed by atoms with E-state index >= 15 is 0 Å². The summed E-state index contributed by atoms with van der Waals surface area (Å²) in [5.74, 6) is 4.70. The smallest absolute Gasteiger partial charge is 0.257 e. The fourth-order valence-corrected chi connectivity index (χ4v) is 2.21. The first-order valence-corrected chi connectivity index (χ1v) is 6.64. The summed E-state index contributed by atoms with van der Waals surface area (Å²) in [5, 5.41) is 2.70. The van der Waals surface area contributed by atoms with E-state index in [4.69, 9.17) is 5.84 Å². The van der Waals surface area contributed by atoms with Crippen molar-refractivity contribution >= 4 is 33.2 Å². The molecule has 2 aromatic rings. The zero-order chi connectivity index (χ0) is 14.7. The average molecular weight is 338 g/mol. The minimum atomic E-state index is -0.380. The number of nitrogens with two attached hydrogens (primary N) is 1. The first kappa shape index (κ1) is 14.5. The van der Waals surface area contributed by atoms with E-state index in [2.05, 4.69) is 26.7 Å². The molecule has 0 bridgehead atoms. The summed E-state index contributed by atoms with van der Waals surface area (Å²) in [6.07, 6.45) is 0. The Balaban J connectivity index is 2.28. The van der Waals surface area contributed by atoms with Gasteiger partial charge in [-0.3, -0.25) is 10.6 Å². The molecule has 4 nitrogen and oxygen atoms in total. The molecule has 0 saturated carbocycles. The fourth-order valence-electron chi connectivity index (χ4n) is 1.76. The van der Waals surface area contributed by atoms with Crippen molar-refractivity contribution in [2.24, 2.45) is 5.84 Å². The van der Waals surface area contributed by atoms with Gasteiger partial charge >= 0.3 is 0 Å². The third-order valence-corrected chi connectivity index (χ3v) is 3.41. The van der Waals surface area contributed by atoms with Gasteiger partial charge in [0.15, 0.2) is 0 Å². The zero-order valence-corrected chi connectivity index (χ0v) is 12.3. The van der Waals surface area contributed by atoms with Crippen LogP contribution < -0.4 is 16.6 Å². The maximum atomic E-state index is 13.0. The van der Waals surface area contributed by atoms with Crippen LogP contribution in [0.3, 0.4) is 0 Å². The molecule has 6 heteroatoms. The molecule has 4 N–H and O–H groups in total. The van der Waals surface area contributed by atoms with Crippen molar-refractivity contribution in [2.45, 2.75) is 6.92 Å². The van der Waals surface area contributed by atoms with Gasteiger partial charge in [-0.05, 0) is 58.7 Å². The molecule has 0 unspecified atom stereocenters. The summed E-state index contributed by atoms with van der Waals surface area (Å²) in [4.78, 5) is 12.2. The Labute approximate surface area is 124 Å². The average Bonchev–Trinajstić information content (AvgIpc) is 2.41. The number of halogens is 2. The van der Waals surface area contributed by atoms with Gasteiger partial charge in [0.05, 0.1) is 16.9 Å². The predicted octanol–water partition coefficient (Wildman–Crippen LogP) is 3.43. The van der Waals surface area contributed by atoms with Gasteiger partial charge in [0.25, 0.3) is 5.91 Å². The Bertz CT molecular complexity index is 661. The van der Waals surface area contributed by atoms with Crippen LogP contribution >= 0.6 is 15.9 Å². The highest BCUT2D eigenvalue weighted by Gasteiger charge is 2.13. The van der Waals surface area contributed by atoms with E-state index in [1.54, 1.807) is 12.1 Å². The van der Waals surface area contributed by atoms with Gasteiger partial charge in [-0.1, -0.05) is 6.07 Å². The van der Waals surface area contributed by atoms with Crippen LogP contribution in [0.15, 0.2) is 40.9 Å². The molecule has 0 aliphatic carbocycles. The second kappa shape index (κ2) is 6.02. The summed E-state index contributed by atoms with van der Waals surface area (Å²) in [7, 11) is 0. The van der Waals surface area contributed by atoms with Gasteiger partial charge in [0.2, 0.25) is 0 Å². The molecular weight excluding hydrogens is 325 g/mol. The Hall–Kier alpha value is -1.92. The number of anilines is 2. The zero-order valence-electron chi connectivity index (χ0n) is 10.7. The number of hydrazine groups is 1. The summed E-state index contributed by atoms with van der Waals surface area (Å²) in [6.45, 7) is 1.90. The van der Waals surface area contributed by atoms with E-state index < -0.39 is 0 Å². The van der Waals surface area contributed by atoms with Crippen LogP contribution in [-0.2, 0) is 0 Å². The Morgan fingerprint density at radius 1 is 1.20 bits per heavy atom. The number of rotatable bonds is 3. The van der Waals surface area contributed by atoms with E-state index in [1.165, 1.54) is 18.2 Å². The van der Waals surface area contributed by atoms with Gasteiger partial charge in [0, 0.05) is 4.47 Å². The molecule has 0 aromatic heterocycles. The van der Waals surface area contributed by atoms with Gasteiger partial charge in [0.1, 0.15) is 5.82 Å². The maximum absolute atomic E-state index is 13.0. The number of nitrogen functional groups attached to an aromatic ring is 1. The molecule has 0 spiro atoms. The van der Waals surface area contributed by atoms with Crippen LogP contribution in [0.25, 0.3) is 0 Å². The van der Waals surface area contributed by atoms with Crippen molar-refractivity contribution in [1.29, 1.82) is 0 Å². The molecule has 0 saturated heterocycles. The minimum Gasteiger partial charge on any atom is -0.323 e. The molecule has 0 aliphatic rings. The van der Waals surface area contributed by atoms with E-state index in [1.807, 2.05) is 13.0 Å². The molecule has 0 fully saturated rings. The van der Waals surface area contributed by atoms with Crippen LogP contribution in [0.1, 0.15) is 15.9 Å². The second-order valence-electron chi connectivity index (χ2n) is 4.27. The van der Waals surface area contributed by atoms with Crippen molar-refractivity contribution in [3.05, 3.63) is 57.8 Å². The molecule has 1 amide bonds. The largest absolute Gasteiger partial charge is 0.323 e. The predicted molar refractivity (Wildman–Crippen MR) is 81.0 cm³/mol. The lowest BCUT2D eigenvalue weighted by molar-refractivity contribution is 0.102. The number of nitrogens with one attached hydrogen (secondary N) is 2. The van der Waals surface area contributed by atoms with Crippen LogP contribution in [-0.4, -0.2) is 5.91 Å². The maximum Gasteiger partial charge on any atom is 0.257 e. The van der Waals surface area contributed by atoms with Gasteiger partial charge in [-0.25, -0.2) is 4.39 Å². The number of carbonyl (C=O) groups is 1. The first-order chi connectivity index (χ1) is 9.51. The van der Waals surface area contributed by atoms with Crippen LogP contribution in [0.5, 0.6) is 0 Å². The highest BCUT2D eigenvalue weighted by atomic mass is 79.9. The van der Waals surface area contributed by atoms with Gasteiger partial charge in [-0.15, -0.1) is 0 Å². The number of amides is 1. The molecular formula is C14H13BrFN3O. The van der Waals surface area contributed by atoms with Crippen molar-refractivity contribution in [1.82, 2.24) is 0 Å². The minimum absolute atomic E-state index is 0.328. The monoisotopic (exact) mass is 337 g/mol. The van der Waals surface area contributed by atoms with Gasteiger partial charge in [-0.2, -0.15) is 0 Å². The molecule has 0 atom stereocenters. The number of carbonyl (C=O) groups excluding carboxylic acids is 1. The lowest BCUT2D eigenvalue weighted by atomic mass is 10.1. The van der Waals surface area contributed by atoms with Crippen LogP contribution in [0, 0.1) is 12.7 Å². The van der Waals surface area contributed by atoms with Crippen molar-refractivity contribution in [3.63, 3.8) is 0 Å². The second-order valence-corrected chi connectivity index (χ2v) is 5.13. The topological polar surface area (TPSA) is 67.2 Å². The molecule has 0 radical (unpaired) electrons. The SMILES string of the molecule is Cc1ccc(C(=O)Nc2ccc(F)cc2Br)c(NN)c1. The molecule has 20 heavy (non-hydrogen) atoms. The molecule has 0 aliphatic heterocycles. The standard InChI is InChI=1S/C14H13BrFN3O/c1-8-2-4-10(13(6-8)19-17)14(20)18-12-5-3-9(16)7-11(12)15/h2-7,19H,17H2,1H3,(H,18,20). The van der Waals surface area contributed by atoms with Crippen molar-refractivity contribution < 1.29 is 9.18 Å². The van der Waals surface area contributed by atoms with Crippen LogP contribution in [0.2, 0.25) is 0 Å². The quantitative estimate of drug-likeness (QED) is 0.593. The number of hydrogen-bond donors (Lipinski definition) is 3. The summed E-state index contributed by atoms with van der Waals surface area (Å²) < 4.78 is 13.5. The van der Waals surface area contributed by atoms with E-state index in [-0.39, 0.29) is 11.7 Å². The molecule has 0 heterocycles. The summed E-state index contributed by atoms with van der Waals surface area (Å²) >= 11 is 3.20. The van der Waals surface area contributed by atoms with Crippen molar-refractivity contribution in [3.8, 4) is 0 Å². The number of aryl methyl sites for hydroxylation is 1. The molecule has 2 rings (SSSR count). The van der Waals surface area contributed by atoms with Crippen molar-refractivity contribution in [2.75, 3.05) is 10.7 Å². The van der Waals surface area contributed by atoms with E-state index in [0.29, 0.717) is 21.4 Å². The van der Waals surface area contributed by atoms with E-state index in [9.17, 15) is 9.18 Å². The summed E-state index contributed by atoms with van der Waals surface area (Å²) in [6, 6.07) is 9.31. The third-order valence-electron chi connectivity index (χ3n) is 2.75. The lowest BCUT2D eigenvalue weighted by Crippen LogP contribution is -2.17. The highest BCUT2D eigenvalue weighted by molar-refractivity contribution is 9.10. The van der Waals surface area contributed by atoms with E-state index in [0.717, 1.165) is 5.56 Å².